The second kappa shape index (κ2) is 3.15. The summed E-state index contributed by atoms with van der Waals surface area (Å²) in [6.45, 7) is 8.40. The minimum absolute atomic E-state index is 0.0439. The van der Waals surface area contributed by atoms with E-state index in [1.807, 2.05) is 12.3 Å². The highest BCUT2D eigenvalue weighted by atomic mass is 32.1. The number of aromatic nitrogens is 1. The van der Waals surface area contributed by atoms with Gasteiger partial charge in [-0.05, 0) is 12.3 Å². The lowest BCUT2D eigenvalue weighted by Gasteiger charge is -2.25. The zero-order valence-electron chi connectivity index (χ0n) is 8.09. The van der Waals surface area contributed by atoms with Crippen LogP contribution < -0.4 is 5.73 Å². The van der Waals surface area contributed by atoms with Gasteiger partial charge in [-0.15, -0.1) is 11.3 Å². The molecule has 1 atom stereocenters. The van der Waals surface area contributed by atoms with Crippen molar-refractivity contribution in [2.24, 2.45) is 11.1 Å². The molecule has 12 heavy (non-hydrogen) atoms. The van der Waals surface area contributed by atoms with Gasteiger partial charge in [-0.25, -0.2) is 4.98 Å². The third-order valence-corrected chi connectivity index (χ3v) is 2.68. The van der Waals surface area contributed by atoms with E-state index in [1.165, 1.54) is 0 Å². The summed E-state index contributed by atoms with van der Waals surface area (Å²) in [7, 11) is 0. The largest absolute Gasteiger partial charge is 0.322 e. The van der Waals surface area contributed by atoms with Gasteiger partial charge in [-0.1, -0.05) is 20.8 Å². The fourth-order valence-corrected chi connectivity index (χ4v) is 1.62. The molecule has 1 aromatic rings. The number of hydrogen-bond donors (Lipinski definition) is 1. The second-order valence-electron chi connectivity index (χ2n) is 4.14. The molecule has 1 rings (SSSR count). The smallest absolute Gasteiger partial charge is 0.0898 e. The average Bonchev–Trinajstić information content (AvgIpc) is 2.32. The Bertz CT molecular complexity index is 260. The molecule has 0 bridgehead atoms. The molecule has 0 spiro atoms. The van der Waals surface area contributed by atoms with E-state index < -0.39 is 0 Å². The van der Waals surface area contributed by atoms with Crippen LogP contribution in [0.15, 0.2) is 5.38 Å². The van der Waals surface area contributed by atoms with Gasteiger partial charge < -0.3 is 5.73 Å². The van der Waals surface area contributed by atoms with E-state index in [2.05, 4.69) is 25.8 Å². The van der Waals surface area contributed by atoms with Crippen LogP contribution >= 0.6 is 11.3 Å². The molecule has 1 aromatic heterocycles. The fourth-order valence-electron chi connectivity index (χ4n) is 0.967. The van der Waals surface area contributed by atoms with Crippen LogP contribution in [0.5, 0.6) is 0 Å². The van der Waals surface area contributed by atoms with Crippen molar-refractivity contribution in [3.05, 3.63) is 16.1 Å². The third-order valence-electron chi connectivity index (χ3n) is 1.89. The number of nitrogens with two attached hydrogens (primary N) is 1. The van der Waals surface area contributed by atoms with Crippen LogP contribution in [-0.2, 0) is 0 Å². The maximum absolute atomic E-state index is 6.03. The predicted molar refractivity (Wildman–Crippen MR) is 53.2 cm³/mol. The monoisotopic (exact) mass is 184 g/mol. The van der Waals surface area contributed by atoms with Crippen LogP contribution in [0.4, 0.5) is 0 Å². The Morgan fingerprint density at radius 3 is 2.42 bits per heavy atom. The van der Waals surface area contributed by atoms with Gasteiger partial charge in [0.2, 0.25) is 0 Å². The molecule has 0 saturated carbocycles. The Balaban J connectivity index is 2.85. The molecule has 68 valence electrons. The van der Waals surface area contributed by atoms with Crippen molar-refractivity contribution >= 4 is 11.3 Å². The van der Waals surface area contributed by atoms with E-state index >= 15 is 0 Å². The van der Waals surface area contributed by atoms with E-state index in [9.17, 15) is 0 Å². The molecule has 0 fully saturated rings. The summed E-state index contributed by atoms with van der Waals surface area (Å²) >= 11 is 1.66. The topological polar surface area (TPSA) is 38.9 Å². The molecule has 0 amide bonds. The molecule has 0 saturated heterocycles. The number of rotatable bonds is 1. The van der Waals surface area contributed by atoms with E-state index in [0.29, 0.717) is 0 Å². The van der Waals surface area contributed by atoms with Crippen LogP contribution in [0.1, 0.15) is 37.5 Å². The Kier molecular flexibility index (Phi) is 2.54. The van der Waals surface area contributed by atoms with E-state index in [-0.39, 0.29) is 11.5 Å². The molecule has 0 aromatic carbocycles. The molecule has 1 unspecified atom stereocenters. The molecule has 0 aliphatic rings. The first-order chi connectivity index (χ1) is 5.41. The van der Waals surface area contributed by atoms with E-state index in [1.54, 1.807) is 11.3 Å². The fraction of sp³-hybridized carbons (Fsp3) is 0.667. The zero-order valence-corrected chi connectivity index (χ0v) is 8.90. The van der Waals surface area contributed by atoms with Gasteiger partial charge in [0.1, 0.15) is 0 Å². The van der Waals surface area contributed by atoms with E-state index in [0.717, 1.165) is 10.7 Å². The Morgan fingerprint density at radius 2 is 2.08 bits per heavy atom. The van der Waals surface area contributed by atoms with Crippen molar-refractivity contribution in [1.29, 1.82) is 0 Å². The van der Waals surface area contributed by atoms with Crippen LogP contribution in [0, 0.1) is 12.3 Å². The van der Waals surface area contributed by atoms with Gasteiger partial charge in [-0.2, -0.15) is 0 Å². The first-order valence-electron chi connectivity index (χ1n) is 4.09. The first-order valence-corrected chi connectivity index (χ1v) is 4.97. The summed E-state index contributed by atoms with van der Waals surface area (Å²) in [6.07, 6.45) is 0. The van der Waals surface area contributed by atoms with Crippen LogP contribution in [-0.4, -0.2) is 4.98 Å². The summed E-state index contributed by atoms with van der Waals surface area (Å²) in [4.78, 5) is 4.37. The standard InChI is InChI=1S/C9H16N2S/c1-6-11-7(5-12-6)8(10)9(2,3)4/h5,8H,10H2,1-4H3. The molecule has 0 aliphatic carbocycles. The lowest BCUT2D eigenvalue weighted by molar-refractivity contribution is 0.322. The van der Waals surface area contributed by atoms with Crippen molar-refractivity contribution in [2.75, 3.05) is 0 Å². The summed E-state index contributed by atoms with van der Waals surface area (Å²) in [6, 6.07) is 0.0439. The van der Waals surface area contributed by atoms with Gasteiger partial charge in [0.05, 0.1) is 16.7 Å². The molecule has 0 aliphatic heterocycles. The van der Waals surface area contributed by atoms with Crippen molar-refractivity contribution in [3.8, 4) is 0 Å². The maximum Gasteiger partial charge on any atom is 0.0898 e. The summed E-state index contributed by atoms with van der Waals surface area (Å²) < 4.78 is 0. The number of aryl methyl sites for hydroxylation is 1. The highest BCUT2D eigenvalue weighted by Gasteiger charge is 2.23. The minimum Gasteiger partial charge on any atom is -0.322 e. The normalized spacial score (nSPS) is 14.8. The molecule has 1 heterocycles. The SMILES string of the molecule is Cc1nc(C(N)C(C)(C)C)cs1. The molecule has 2 nitrogen and oxygen atoms in total. The van der Waals surface area contributed by atoms with E-state index in [4.69, 9.17) is 5.73 Å². The Labute approximate surface area is 77.8 Å². The lowest BCUT2D eigenvalue weighted by Crippen LogP contribution is -2.26. The van der Waals surface area contributed by atoms with Gasteiger partial charge >= 0.3 is 0 Å². The quantitative estimate of drug-likeness (QED) is 0.728. The highest BCUT2D eigenvalue weighted by molar-refractivity contribution is 7.09. The van der Waals surface area contributed by atoms with Crippen LogP contribution in [0.25, 0.3) is 0 Å². The molecule has 0 radical (unpaired) electrons. The average molecular weight is 184 g/mol. The van der Waals surface area contributed by atoms with Crippen LogP contribution in [0.2, 0.25) is 0 Å². The highest BCUT2D eigenvalue weighted by Crippen LogP contribution is 2.30. The zero-order chi connectivity index (χ0) is 9.35. The van der Waals surface area contributed by atoms with Crippen molar-refractivity contribution in [3.63, 3.8) is 0 Å². The number of thiazole rings is 1. The third kappa shape index (κ3) is 2.05. The summed E-state index contributed by atoms with van der Waals surface area (Å²) in [5.41, 5.74) is 7.15. The van der Waals surface area contributed by atoms with Crippen LogP contribution in [0.3, 0.4) is 0 Å². The number of hydrogen-bond acceptors (Lipinski definition) is 3. The lowest BCUT2D eigenvalue weighted by atomic mass is 9.86. The minimum atomic E-state index is 0.0439. The molecule has 2 N–H and O–H groups in total. The molecular formula is C9H16N2S. The summed E-state index contributed by atoms with van der Waals surface area (Å²) in [5, 5.41) is 3.13. The van der Waals surface area contributed by atoms with Crippen molar-refractivity contribution < 1.29 is 0 Å². The van der Waals surface area contributed by atoms with Gasteiger partial charge in [0.25, 0.3) is 0 Å². The predicted octanol–water partition coefficient (Wildman–Crippen LogP) is 2.50. The molecular weight excluding hydrogens is 168 g/mol. The first kappa shape index (κ1) is 9.68. The van der Waals surface area contributed by atoms with Crippen molar-refractivity contribution in [1.82, 2.24) is 4.98 Å². The summed E-state index contributed by atoms with van der Waals surface area (Å²) in [5.74, 6) is 0. The number of nitrogens with zero attached hydrogens (tertiary/aromatic N) is 1. The van der Waals surface area contributed by atoms with Gasteiger partial charge in [0, 0.05) is 5.38 Å². The Morgan fingerprint density at radius 1 is 1.50 bits per heavy atom. The molecule has 3 heteroatoms. The van der Waals surface area contributed by atoms with Crippen molar-refractivity contribution in [2.45, 2.75) is 33.7 Å². The Hall–Kier alpha value is -0.410. The van der Waals surface area contributed by atoms with Gasteiger partial charge in [-0.3, -0.25) is 0 Å². The van der Waals surface area contributed by atoms with Gasteiger partial charge in [0.15, 0.2) is 0 Å². The maximum atomic E-state index is 6.03. The second-order valence-corrected chi connectivity index (χ2v) is 5.20.